The molecule has 7 nitrogen and oxygen atoms in total. The van der Waals surface area contributed by atoms with Crippen molar-refractivity contribution in [2.45, 2.75) is 24.9 Å². The summed E-state index contributed by atoms with van der Waals surface area (Å²) in [5, 5.41) is 21.5. The maximum Gasteiger partial charge on any atom is 0.313 e. The van der Waals surface area contributed by atoms with Crippen LogP contribution in [0.25, 0.3) is 10.7 Å². The van der Waals surface area contributed by atoms with Gasteiger partial charge in [0.2, 0.25) is 0 Å². The van der Waals surface area contributed by atoms with Gasteiger partial charge in [0.15, 0.2) is 11.0 Å². The third-order valence-electron chi connectivity index (χ3n) is 2.42. The molecule has 2 heterocycles. The Kier molecular flexibility index (Phi) is 4.15. The van der Waals surface area contributed by atoms with Gasteiger partial charge in [-0.25, -0.2) is 0 Å². The Morgan fingerprint density at radius 3 is 2.79 bits per heavy atom. The van der Waals surface area contributed by atoms with E-state index < -0.39 is 5.97 Å². The highest BCUT2D eigenvalue weighted by Crippen LogP contribution is 2.30. The Balaban J connectivity index is 2.31. The van der Waals surface area contributed by atoms with E-state index in [1.807, 2.05) is 20.9 Å². The van der Waals surface area contributed by atoms with Crippen molar-refractivity contribution in [3.63, 3.8) is 0 Å². The van der Waals surface area contributed by atoms with Crippen LogP contribution in [0.1, 0.15) is 25.5 Å². The molecule has 0 fully saturated rings. The van der Waals surface area contributed by atoms with Gasteiger partial charge in [0.05, 0.1) is 11.4 Å². The minimum Gasteiger partial charge on any atom is -0.481 e. The van der Waals surface area contributed by atoms with Gasteiger partial charge in [0.1, 0.15) is 4.88 Å². The monoisotopic (exact) mass is 299 g/mol. The number of thioether (sulfide) groups is 1. The maximum atomic E-state index is 10.6. The van der Waals surface area contributed by atoms with Crippen LogP contribution in [-0.2, 0) is 11.8 Å². The van der Waals surface area contributed by atoms with Gasteiger partial charge < -0.3 is 9.67 Å². The Morgan fingerprint density at radius 1 is 1.42 bits per heavy atom. The zero-order chi connectivity index (χ0) is 14.0. The van der Waals surface area contributed by atoms with Crippen molar-refractivity contribution < 1.29 is 9.90 Å². The second-order valence-electron chi connectivity index (χ2n) is 4.19. The fourth-order valence-corrected chi connectivity index (χ4v) is 2.97. The van der Waals surface area contributed by atoms with Crippen molar-refractivity contribution in [1.29, 1.82) is 0 Å². The molecule has 0 saturated heterocycles. The molecule has 0 atom stereocenters. The summed E-state index contributed by atoms with van der Waals surface area (Å²) in [5.41, 5.74) is 0.885. The molecule has 2 aromatic heterocycles. The lowest BCUT2D eigenvalue weighted by Crippen LogP contribution is -2.01. The van der Waals surface area contributed by atoms with E-state index in [1.54, 1.807) is 4.57 Å². The van der Waals surface area contributed by atoms with E-state index in [0.717, 1.165) is 22.3 Å². The molecule has 9 heteroatoms. The number of rotatable bonds is 5. The van der Waals surface area contributed by atoms with Crippen LogP contribution >= 0.6 is 23.3 Å². The highest BCUT2D eigenvalue weighted by Gasteiger charge is 2.20. The molecule has 2 aromatic rings. The maximum absolute atomic E-state index is 10.6. The van der Waals surface area contributed by atoms with E-state index >= 15 is 0 Å². The highest BCUT2D eigenvalue weighted by atomic mass is 32.2. The molecule has 0 aliphatic rings. The van der Waals surface area contributed by atoms with Crippen molar-refractivity contribution in [2.75, 3.05) is 5.75 Å². The molecular weight excluding hydrogens is 286 g/mol. The molecular formula is C10H13N5O2S2. The van der Waals surface area contributed by atoms with Crippen LogP contribution in [0.5, 0.6) is 0 Å². The fourth-order valence-electron chi connectivity index (χ4n) is 1.50. The van der Waals surface area contributed by atoms with Crippen molar-refractivity contribution in [3.05, 3.63) is 5.69 Å². The molecule has 0 saturated carbocycles. The molecule has 0 amide bonds. The smallest absolute Gasteiger partial charge is 0.313 e. The molecule has 0 aliphatic carbocycles. The highest BCUT2D eigenvalue weighted by molar-refractivity contribution is 7.99. The number of nitrogens with zero attached hydrogens (tertiary/aromatic N) is 5. The van der Waals surface area contributed by atoms with E-state index in [1.165, 1.54) is 11.5 Å². The minimum atomic E-state index is -0.878. The van der Waals surface area contributed by atoms with Crippen LogP contribution < -0.4 is 0 Å². The quantitative estimate of drug-likeness (QED) is 0.838. The predicted octanol–water partition coefficient (Wildman–Crippen LogP) is 1.63. The average molecular weight is 299 g/mol. The summed E-state index contributed by atoms with van der Waals surface area (Å²) in [7, 11) is 1.81. The lowest BCUT2D eigenvalue weighted by molar-refractivity contribution is -0.133. The van der Waals surface area contributed by atoms with Crippen LogP contribution in [0.2, 0.25) is 0 Å². The fraction of sp³-hybridized carbons (Fsp3) is 0.500. The second kappa shape index (κ2) is 5.66. The summed E-state index contributed by atoms with van der Waals surface area (Å²) in [4.78, 5) is 11.4. The normalized spacial score (nSPS) is 11.2. The summed E-state index contributed by atoms with van der Waals surface area (Å²) in [6.07, 6.45) is 0. The third-order valence-corrected chi connectivity index (χ3v) is 4.17. The lowest BCUT2D eigenvalue weighted by atomic mass is 10.1. The largest absolute Gasteiger partial charge is 0.481 e. The number of carbonyl (C=O) groups is 1. The Labute approximate surface area is 118 Å². The SMILES string of the molecule is CC(C)c1nnsc1-c1nnc(SCC(=O)O)n1C. The van der Waals surface area contributed by atoms with Gasteiger partial charge >= 0.3 is 5.97 Å². The number of aliphatic carboxylic acids is 1. The Hall–Kier alpha value is -1.48. The van der Waals surface area contributed by atoms with Gasteiger partial charge in [-0.15, -0.1) is 15.3 Å². The van der Waals surface area contributed by atoms with Crippen molar-refractivity contribution in [1.82, 2.24) is 24.4 Å². The predicted molar refractivity (Wildman–Crippen MR) is 72.4 cm³/mol. The lowest BCUT2D eigenvalue weighted by Gasteiger charge is -2.04. The molecule has 0 radical (unpaired) electrons. The second-order valence-corrected chi connectivity index (χ2v) is 5.89. The summed E-state index contributed by atoms with van der Waals surface area (Å²) in [6.45, 7) is 4.08. The minimum absolute atomic E-state index is 0.0377. The van der Waals surface area contributed by atoms with Crippen molar-refractivity contribution in [3.8, 4) is 10.7 Å². The molecule has 0 bridgehead atoms. The first-order valence-electron chi connectivity index (χ1n) is 5.57. The van der Waals surface area contributed by atoms with Gasteiger partial charge in [0.25, 0.3) is 0 Å². The zero-order valence-electron chi connectivity index (χ0n) is 10.7. The van der Waals surface area contributed by atoms with Gasteiger partial charge in [0, 0.05) is 7.05 Å². The van der Waals surface area contributed by atoms with Crippen LogP contribution in [0, 0.1) is 0 Å². The summed E-state index contributed by atoms with van der Waals surface area (Å²) < 4.78 is 5.73. The van der Waals surface area contributed by atoms with E-state index in [-0.39, 0.29) is 11.7 Å². The molecule has 0 aliphatic heterocycles. The average Bonchev–Trinajstić information content (AvgIpc) is 2.92. The number of hydrogen-bond donors (Lipinski definition) is 1. The summed E-state index contributed by atoms with van der Waals surface area (Å²) in [6, 6.07) is 0. The van der Waals surface area contributed by atoms with E-state index in [4.69, 9.17) is 5.11 Å². The number of carboxylic acid groups (broad SMARTS) is 1. The van der Waals surface area contributed by atoms with Crippen LogP contribution in [0.3, 0.4) is 0 Å². The van der Waals surface area contributed by atoms with Gasteiger partial charge in [-0.2, -0.15) is 0 Å². The van der Waals surface area contributed by atoms with Gasteiger partial charge in [-0.3, -0.25) is 4.79 Å². The first-order valence-corrected chi connectivity index (χ1v) is 7.33. The van der Waals surface area contributed by atoms with Crippen molar-refractivity contribution in [2.24, 2.45) is 7.05 Å². The first-order chi connectivity index (χ1) is 9.00. The Morgan fingerprint density at radius 2 is 2.16 bits per heavy atom. The van der Waals surface area contributed by atoms with Crippen LogP contribution in [0.4, 0.5) is 0 Å². The molecule has 0 aromatic carbocycles. The molecule has 2 rings (SSSR count). The molecule has 102 valence electrons. The van der Waals surface area contributed by atoms with Gasteiger partial charge in [-0.05, 0) is 17.5 Å². The van der Waals surface area contributed by atoms with Gasteiger partial charge in [-0.1, -0.05) is 30.1 Å². The summed E-state index contributed by atoms with van der Waals surface area (Å²) in [5.74, 6) is 0.00766. The number of aromatic nitrogens is 5. The third kappa shape index (κ3) is 2.92. The van der Waals surface area contributed by atoms with E-state index in [2.05, 4.69) is 19.8 Å². The van der Waals surface area contributed by atoms with Crippen LogP contribution in [0.15, 0.2) is 5.16 Å². The van der Waals surface area contributed by atoms with E-state index in [9.17, 15) is 4.79 Å². The number of hydrogen-bond acceptors (Lipinski definition) is 7. The molecule has 1 N–H and O–H groups in total. The topological polar surface area (TPSA) is 93.8 Å². The standard InChI is InChI=1S/C10H13N5O2S2/c1-5(2)7-8(19-14-11-7)9-12-13-10(15(9)3)18-4-6(16)17/h5H,4H2,1-3H3,(H,16,17). The molecule has 19 heavy (non-hydrogen) atoms. The van der Waals surface area contributed by atoms with E-state index in [0.29, 0.717) is 11.0 Å². The van der Waals surface area contributed by atoms with Crippen molar-refractivity contribution >= 4 is 29.3 Å². The molecule has 0 spiro atoms. The zero-order valence-corrected chi connectivity index (χ0v) is 12.3. The first kappa shape index (κ1) is 13.9. The Bertz CT molecular complexity index is 593. The molecule has 0 unspecified atom stereocenters. The summed E-state index contributed by atoms with van der Waals surface area (Å²) >= 11 is 2.41. The van der Waals surface area contributed by atoms with Crippen LogP contribution in [-0.4, -0.2) is 41.2 Å². The number of carboxylic acids is 1.